The molecule has 0 aromatic carbocycles. The number of carboxylic acid groups (broad SMARTS) is 2. The van der Waals surface area contributed by atoms with Gasteiger partial charge < -0.3 is 31.1 Å². The normalized spacial score (nSPS) is 34.9. The van der Waals surface area contributed by atoms with Gasteiger partial charge in [0.15, 0.2) is 0 Å². The first-order valence-corrected chi connectivity index (χ1v) is 10.9. The molecule has 2 heterocycles. The fourth-order valence-corrected chi connectivity index (χ4v) is 5.48. The van der Waals surface area contributed by atoms with Crippen LogP contribution in [0.3, 0.4) is 0 Å². The van der Waals surface area contributed by atoms with Crippen molar-refractivity contribution in [2.45, 2.75) is 55.9 Å². The van der Waals surface area contributed by atoms with Gasteiger partial charge >= 0.3 is 11.9 Å². The van der Waals surface area contributed by atoms with E-state index in [2.05, 4.69) is 30.3 Å². The molecule has 0 saturated carbocycles. The molecule has 0 amide bonds. The Bertz CT molecular complexity index is 414. The van der Waals surface area contributed by atoms with Crippen molar-refractivity contribution >= 4 is 20.0 Å². The molecule has 6 N–H and O–H groups in total. The molecule has 2 aliphatic rings. The van der Waals surface area contributed by atoms with Crippen LogP contribution in [0.2, 0.25) is 25.2 Å². The summed E-state index contributed by atoms with van der Waals surface area (Å²) in [5.41, 5.74) is -0.0787. The molecule has 0 aliphatic carbocycles. The first kappa shape index (κ1) is 19.0. The maximum Gasteiger partial charge on any atom is 0.320 e. The summed E-state index contributed by atoms with van der Waals surface area (Å²) in [5.74, 6) is -1.73. The summed E-state index contributed by atoms with van der Waals surface area (Å²) >= 11 is 0. The van der Waals surface area contributed by atoms with Gasteiger partial charge in [0.25, 0.3) is 0 Å². The smallest absolute Gasteiger partial charge is 0.320 e. The third-order valence-corrected chi connectivity index (χ3v) is 6.71. The number of carboxylic acids is 2. The Hall–Kier alpha value is -1.00. The number of hydrogen-bond acceptors (Lipinski definition) is 6. The zero-order valence-corrected chi connectivity index (χ0v) is 14.1. The van der Waals surface area contributed by atoms with E-state index in [0.717, 1.165) is 0 Å². The molecule has 2 fully saturated rings. The lowest BCUT2D eigenvalue weighted by atomic mass is 10.2. The summed E-state index contributed by atoms with van der Waals surface area (Å²) in [7, 11) is -1.61. The molecular weight excluding hydrogens is 308 g/mol. The van der Waals surface area contributed by atoms with Crippen LogP contribution in [0.15, 0.2) is 0 Å². The molecule has 0 spiro atoms. The highest BCUT2D eigenvalue weighted by molar-refractivity contribution is 6.78. The zero-order chi connectivity index (χ0) is 17.1. The highest BCUT2D eigenvalue weighted by Gasteiger charge is 2.46. The summed E-state index contributed by atoms with van der Waals surface area (Å²) < 4.78 is 0. The second kappa shape index (κ2) is 7.51. The van der Waals surface area contributed by atoms with Gasteiger partial charge in [-0.25, -0.2) is 0 Å². The second-order valence-electron chi connectivity index (χ2n) is 6.87. The standard InChI is InChI=1S/C8H17NO3Si.C5H9NO3/c1-13(2,3)7-5(10)4-9-6(7)8(11)12;7-3-1-4(5(8)9)6-2-3/h5-7,9-10H,4H2,1-3H3,(H,11,12);3-4,6-7H,1-2H2,(H,8,9)/t5?,6-,7?;3?,4-/m00/s1. The molecule has 0 aromatic heterocycles. The molecule has 8 nitrogen and oxygen atoms in total. The van der Waals surface area contributed by atoms with Crippen molar-refractivity contribution in [1.82, 2.24) is 10.6 Å². The Morgan fingerprint density at radius 1 is 1.00 bits per heavy atom. The zero-order valence-electron chi connectivity index (χ0n) is 13.1. The van der Waals surface area contributed by atoms with E-state index in [1.54, 1.807) is 0 Å². The molecule has 0 radical (unpaired) electrons. The molecule has 2 rings (SSSR count). The van der Waals surface area contributed by atoms with Gasteiger partial charge in [-0.2, -0.15) is 0 Å². The van der Waals surface area contributed by atoms with E-state index in [1.807, 2.05) is 0 Å². The summed E-state index contributed by atoms with van der Waals surface area (Å²) in [6.45, 7) is 7.07. The Morgan fingerprint density at radius 3 is 1.86 bits per heavy atom. The predicted octanol–water partition coefficient (Wildman–Crippen LogP) is -1.09. The quantitative estimate of drug-likeness (QED) is 0.358. The van der Waals surface area contributed by atoms with Crippen LogP contribution in [0, 0.1) is 0 Å². The molecule has 128 valence electrons. The van der Waals surface area contributed by atoms with Crippen LogP contribution in [0.5, 0.6) is 0 Å². The van der Waals surface area contributed by atoms with Gasteiger partial charge in [0.1, 0.15) is 12.1 Å². The van der Waals surface area contributed by atoms with Gasteiger partial charge in [0.05, 0.1) is 20.3 Å². The molecule has 5 atom stereocenters. The first-order valence-electron chi connectivity index (χ1n) is 7.32. The van der Waals surface area contributed by atoms with E-state index in [4.69, 9.17) is 15.3 Å². The highest BCUT2D eigenvalue weighted by atomic mass is 28.3. The molecule has 0 aromatic rings. The van der Waals surface area contributed by atoms with Gasteiger partial charge in [0, 0.05) is 25.1 Å². The van der Waals surface area contributed by atoms with Gasteiger partial charge in [-0.1, -0.05) is 19.6 Å². The molecule has 9 heteroatoms. The monoisotopic (exact) mass is 334 g/mol. The average molecular weight is 334 g/mol. The van der Waals surface area contributed by atoms with E-state index in [-0.39, 0.29) is 5.54 Å². The van der Waals surface area contributed by atoms with Crippen LogP contribution >= 0.6 is 0 Å². The Balaban J connectivity index is 0.000000235. The molecular formula is C13H26N2O6Si. The fourth-order valence-electron chi connectivity index (χ4n) is 2.95. The SMILES string of the molecule is C[Si](C)(C)C1C(O)CN[C@@H]1C(=O)O.O=C(O)[C@@H]1CC(O)CN1. The minimum atomic E-state index is -1.61. The lowest BCUT2D eigenvalue weighted by Crippen LogP contribution is -2.44. The Morgan fingerprint density at radius 2 is 1.59 bits per heavy atom. The van der Waals surface area contributed by atoms with Crippen molar-refractivity contribution < 1.29 is 30.0 Å². The van der Waals surface area contributed by atoms with Crippen molar-refractivity contribution in [2.24, 2.45) is 0 Å². The number of aliphatic carboxylic acids is 2. The summed E-state index contributed by atoms with van der Waals surface area (Å²) in [5, 5.41) is 41.3. The van der Waals surface area contributed by atoms with Gasteiger partial charge in [-0.15, -0.1) is 0 Å². The minimum absolute atomic E-state index is 0.0787. The lowest BCUT2D eigenvalue weighted by molar-refractivity contribution is -0.140. The van der Waals surface area contributed by atoms with Gasteiger partial charge in [-0.3, -0.25) is 9.59 Å². The molecule has 0 bridgehead atoms. The van der Waals surface area contributed by atoms with Crippen molar-refractivity contribution in [3.63, 3.8) is 0 Å². The topological polar surface area (TPSA) is 139 Å². The maximum atomic E-state index is 10.9. The lowest BCUT2D eigenvalue weighted by Gasteiger charge is -2.30. The van der Waals surface area contributed by atoms with E-state index in [1.165, 1.54) is 0 Å². The molecule has 2 aliphatic heterocycles. The Labute approximate surface area is 130 Å². The van der Waals surface area contributed by atoms with Crippen LogP contribution in [0.1, 0.15) is 6.42 Å². The highest BCUT2D eigenvalue weighted by Crippen LogP contribution is 2.33. The number of carbonyl (C=O) groups is 2. The number of aliphatic hydroxyl groups excluding tert-OH is 2. The number of nitrogens with one attached hydrogen (secondary N) is 2. The average Bonchev–Trinajstić information content (AvgIpc) is 2.95. The number of hydrogen-bond donors (Lipinski definition) is 6. The van der Waals surface area contributed by atoms with E-state index in [9.17, 15) is 14.7 Å². The fraction of sp³-hybridized carbons (Fsp3) is 0.846. The third kappa shape index (κ3) is 5.02. The van der Waals surface area contributed by atoms with Crippen LogP contribution in [0.4, 0.5) is 0 Å². The Kier molecular flexibility index (Phi) is 6.50. The van der Waals surface area contributed by atoms with Crippen molar-refractivity contribution in [1.29, 1.82) is 0 Å². The largest absolute Gasteiger partial charge is 0.480 e. The summed E-state index contributed by atoms with van der Waals surface area (Å²) in [6, 6.07) is -1.10. The molecule has 2 saturated heterocycles. The molecule has 22 heavy (non-hydrogen) atoms. The van der Waals surface area contributed by atoms with Crippen molar-refractivity contribution in [2.75, 3.05) is 13.1 Å². The second-order valence-corrected chi connectivity index (χ2v) is 12.3. The number of β-amino-alcohol motifs (C(OH)–C–C–N with tert-alkyl or cyclic N) is 2. The number of rotatable bonds is 3. The predicted molar refractivity (Wildman–Crippen MR) is 82.6 cm³/mol. The van der Waals surface area contributed by atoms with E-state index < -0.39 is 44.3 Å². The van der Waals surface area contributed by atoms with Gasteiger partial charge in [0.2, 0.25) is 0 Å². The minimum Gasteiger partial charge on any atom is -0.480 e. The summed E-state index contributed by atoms with van der Waals surface area (Å²) in [4.78, 5) is 21.0. The van der Waals surface area contributed by atoms with Crippen LogP contribution < -0.4 is 10.6 Å². The van der Waals surface area contributed by atoms with Crippen LogP contribution in [-0.2, 0) is 9.59 Å². The van der Waals surface area contributed by atoms with E-state index >= 15 is 0 Å². The third-order valence-electron chi connectivity index (χ3n) is 3.99. The van der Waals surface area contributed by atoms with Crippen molar-refractivity contribution in [3.05, 3.63) is 0 Å². The van der Waals surface area contributed by atoms with Gasteiger partial charge in [-0.05, 0) is 0 Å². The summed E-state index contributed by atoms with van der Waals surface area (Å²) in [6.07, 6.45) is -0.645. The number of aliphatic hydroxyl groups is 2. The van der Waals surface area contributed by atoms with Crippen LogP contribution in [-0.4, -0.2) is 77.8 Å². The maximum absolute atomic E-state index is 10.9. The molecule has 3 unspecified atom stereocenters. The first-order chi connectivity index (χ1) is 10.0. The van der Waals surface area contributed by atoms with E-state index in [0.29, 0.717) is 19.5 Å². The van der Waals surface area contributed by atoms with Crippen molar-refractivity contribution in [3.8, 4) is 0 Å². The van der Waals surface area contributed by atoms with Crippen LogP contribution in [0.25, 0.3) is 0 Å².